The second kappa shape index (κ2) is 8.31. The summed E-state index contributed by atoms with van der Waals surface area (Å²) in [6.45, 7) is 0.881. The third kappa shape index (κ3) is 4.61. The molecule has 1 aliphatic heterocycles. The fourth-order valence-corrected chi connectivity index (χ4v) is 6.21. The minimum Gasteiger partial charge on any atom is -0.465 e. The quantitative estimate of drug-likeness (QED) is 0.630. The Labute approximate surface area is 158 Å². The zero-order chi connectivity index (χ0) is 19.5. The topological polar surface area (TPSA) is 113 Å². The summed E-state index contributed by atoms with van der Waals surface area (Å²) in [7, 11) is -3.12. The molecule has 12 heteroatoms. The van der Waals surface area contributed by atoms with Gasteiger partial charge in [0.2, 0.25) is 10.0 Å². The van der Waals surface area contributed by atoms with Gasteiger partial charge in [-0.25, -0.2) is 17.9 Å². The Balaban J connectivity index is 1.96. The molecule has 0 aromatic carbocycles. The number of nitrogens with one attached hydrogen (secondary N) is 1. The lowest BCUT2D eigenvalue weighted by molar-refractivity contribution is 0.0602. The summed E-state index contributed by atoms with van der Waals surface area (Å²) < 4.78 is 58.8. The van der Waals surface area contributed by atoms with Crippen LogP contribution in [0.1, 0.15) is 22.5 Å². The number of sulfonamides is 1. The van der Waals surface area contributed by atoms with E-state index in [0.29, 0.717) is 25.9 Å². The van der Waals surface area contributed by atoms with Crippen molar-refractivity contribution < 1.29 is 26.4 Å². The molecular formula is C14H23N3O6S3. The number of thiophene rings is 1. The van der Waals surface area contributed by atoms with Crippen molar-refractivity contribution in [3.63, 3.8) is 0 Å². The molecule has 1 N–H and O–H groups in total. The normalized spacial score (nSPS) is 17.5. The van der Waals surface area contributed by atoms with Crippen molar-refractivity contribution in [1.82, 2.24) is 13.3 Å². The van der Waals surface area contributed by atoms with Gasteiger partial charge in [0.05, 0.1) is 7.11 Å². The predicted octanol–water partition coefficient (Wildman–Crippen LogP) is 0.331. The largest absolute Gasteiger partial charge is 0.465 e. The molecule has 1 aliphatic rings. The number of methoxy groups -OCH3 is 1. The second-order valence-electron chi connectivity index (χ2n) is 6.09. The van der Waals surface area contributed by atoms with E-state index in [1.165, 1.54) is 41.3 Å². The van der Waals surface area contributed by atoms with Crippen molar-refractivity contribution in [3.8, 4) is 0 Å². The SMILES string of the molecule is COC(=O)c1sccc1S(=O)(=O)NCC1CCN(S(=O)(=O)N(C)C)CC1. The smallest absolute Gasteiger partial charge is 0.349 e. The minimum absolute atomic E-state index is 0.0265. The number of esters is 1. The van der Waals surface area contributed by atoms with Gasteiger partial charge >= 0.3 is 5.97 Å². The number of hydrogen-bond acceptors (Lipinski definition) is 7. The van der Waals surface area contributed by atoms with Crippen LogP contribution in [0.5, 0.6) is 0 Å². The van der Waals surface area contributed by atoms with Crippen molar-refractivity contribution in [1.29, 1.82) is 0 Å². The van der Waals surface area contributed by atoms with Gasteiger partial charge in [-0.2, -0.15) is 17.0 Å². The molecule has 0 bridgehead atoms. The fraction of sp³-hybridized carbons (Fsp3) is 0.643. The Morgan fingerprint density at radius 1 is 1.31 bits per heavy atom. The van der Waals surface area contributed by atoms with Crippen molar-refractivity contribution in [3.05, 3.63) is 16.3 Å². The zero-order valence-electron chi connectivity index (χ0n) is 14.8. The summed E-state index contributed by atoms with van der Waals surface area (Å²) in [6, 6.07) is 1.37. The molecular weight excluding hydrogens is 402 g/mol. The second-order valence-corrected chi connectivity index (χ2v) is 10.9. The van der Waals surface area contributed by atoms with Crippen LogP contribution in [-0.2, 0) is 25.0 Å². The Hall–Kier alpha value is -1.05. The van der Waals surface area contributed by atoms with Crippen molar-refractivity contribution >= 4 is 37.5 Å². The van der Waals surface area contributed by atoms with E-state index in [1.54, 1.807) is 0 Å². The highest BCUT2D eigenvalue weighted by Gasteiger charge is 2.31. The molecule has 0 saturated carbocycles. The van der Waals surface area contributed by atoms with Gasteiger partial charge < -0.3 is 4.74 Å². The van der Waals surface area contributed by atoms with Crippen LogP contribution in [0.3, 0.4) is 0 Å². The molecule has 9 nitrogen and oxygen atoms in total. The maximum Gasteiger partial charge on any atom is 0.349 e. The molecule has 0 atom stereocenters. The minimum atomic E-state index is -3.84. The van der Waals surface area contributed by atoms with E-state index in [4.69, 9.17) is 0 Å². The zero-order valence-corrected chi connectivity index (χ0v) is 17.3. The Morgan fingerprint density at radius 2 is 1.92 bits per heavy atom. The number of carbonyl (C=O) groups is 1. The molecule has 0 unspecified atom stereocenters. The molecule has 2 heterocycles. The van der Waals surface area contributed by atoms with E-state index < -0.39 is 26.2 Å². The standard InChI is InChI=1S/C14H23N3O6S3/c1-16(2)26(21,22)17-7-4-11(5-8-17)10-15-25(19,20)12-6-9-24-13(12)14(18)23-3/h6,9,11,15H,4-5,7-8,10H2,1-3H3. The van der Waals surface area contributed by atoms with E-state index in [0.717, 1.165) is 11.3 Å². The van der Waals surface area contributed by atoms with Crippen molar-refractivity contribution in [2.24, 2.45) is 5.92 Å². The number of nitrogens with zero attached hydrogens (tertiary/aromatic N) is 2. The molecule has 2 rings (SSSR count). The van der Waals surface area contributed by atoms with Gasteiger partial charge in [-0.15, -0.1) is 11.3 Å². The van der Waals surface area contributed by atoms with Crippen LogP contribution in [0.15, 0.2) is 16.3 Å². The molecule has 1 aromatic heterocycles. The molecule has 26 heavy (non-hydrogen) atoms. The highest BCUT2D eigenvalue weighted by atomic mass is 32.2. The molecule has 148 valence electrons. The first-order valence-corrected chi connectivity index (χ1v) is 11.7. The Morgan fingerprint density at radius 3 is 2.46 bits per heavy atom. The first-order chi connectivity index (χ1) is 12.1. The van der Waals surface area contributed by atoms with E-state index >= 15 is 0 Å². The number of piperidine rings is 1. The predicted molar refractivity (Wildman–Crippen MR) is 97.8 cm³/mol. The highest BCUT2D eigenvalue weighted by molar-refractivity contribution is 7.89. The van der Waals surface area contributed by atoms with Gasteiger partial charge in [0.15, 0.2) is 0 Å². The molecule has 1 saturated heterocycles. The van der Waals surface area contributed by atoms with E-state index in [1.807, 2.05) is 0 Å². The average Bonchev–Trinajstić information content (AvgIpc) is 3.10. The third-order valence-electron chi connectivity index (χ3n) is 4.21. The van der Waals surface area contributed by atoms with Gasteiger partial charge in [0, 0.05) is 33.7 Å². The number of ether oxygens (including phenoxy) is 1. The third-order valence-corrected chi connectivity index (χ3v) is 8.64. The maximum absolute atomic E-state index is 12.5. The van der Waals surface area contributed by atoms with E-state index in [2.05, 4.69) is 9.46 Å². The fourth-order valence-electron chi connectivity index (χ4n) is 2.63. The number of hydrogen-bond donors (Lipinski definition) is 1. The number of carbonyl (C=O) groups excluding carboxylic acids is 1. The Kier molecular flexibility index (Phi) is 6.80. The first kappa shape index (κ1) is 21.3. The van der Waals surface area contributed by atoms with Gasteiger partial charge in [-0.1, -0.05) is 0 Å². The van der Waals surface area contributed by atoms with Crippen LogP contribution < -0.4 is 4.72 Å². The van der Waals surface area contributed by atoms with E-state index in [-0.39, 0.29) is 22.2 Å². The lowest BCUT2D eigenvalue weighted by atomic mass is 9.99. The molecule has 0 radical (unpaired) electrons. The summed E-state index contributed by atoms with van der Waals surface area (Å²) in [5.41, 5.74) is 0. The molecule has 0 spiro atoms. The van der Waals surface area contributed by atoms with Gasteiger partial charge in [0.25, 0.3) is 10.2 Å². The van der Waals surface area contributed by atoms with Crippen LogP contribution in [0.2, 0.25) is 0 Å². The summed E-state index contributed by atoms with van der Waals surface area (Å²) in [6.07, 6.45) is 1.12. The van der Waals surface area contributed by atoms with Crippen molar-refractivity contribution in [2.45, 2.75) is 17.7 Å². The van der Waals surface area contributed by atoms with Gasteiger partial charge in [0.1, 0.15) is 9.77 Å². The van der Waals surface area contributed by atoms with Crippen LogP contribution >= 0.6 is 11.3 Å². The van der Waals surface area contributed by atoms with Gasteiger partial charge in [-0.3, -0.25) is 0 Å². The lowest BCUT2D eigenvalue weighted by Gasteiger charge is -2.32. The van der Waals surface area contributed by atoms with Gasteiger partial charge in [-0.05, 0) is 30.2 Å². The number of rotatable bonds is 7. The monoisotopic (exact) mass is 425 g/mol. The summed E-state index contributed by atoms with van der Waals surface area (Å²) in [4.78, 5) is 11.6. The van der Waals surface area contributed by atoms with Crippen molar-refractivity contribution in [2.75, 3.05) is 40.8 Å². The molecule has 1 fully saturated rings. The lowest BCUT2D eigenvalue weighted by Crippen LogP contribution is -2.45. The van der Waals surface area contributed by atoms with Crippen LogP contribution in [0.25, 0.3) is 0 Å². The highest BCUT2D eigenvalue weighted by Crippen LogP contribution is 2.24. The maximum atomic E-state index is 12.5. The molecule has 0 aliphatic carbocycles. The first-order valence-electron chi connectivity index (χ1n) is 7.92. The summed E-state index contributed by atoms with van der Waals surface area (Å²) in [5, 5.41) is 1.52. The average molecular weight is 426 g/mol. The Bertz CT molecular complexity index is 839. The van der Waals surface area contributed by atoms with Crippen LogP contribution in [0.4, 0.5) is 0 Å². The van der Waals surface area contributed by atoms with E-state index in [9.17, 15) is 21.6 Å². The van der Waals surface area contributed by atoms with Crippen LogP contribution in [-0.4, -0.2) is 72.3 Å². The summed E-state index contributed by atoms with van der Waals surface area (Å²) in [5.74, 6) is -0.666. The molecule has 1 aromatic rings. The molecule has 0 amide bonds. The summed E-state index contributed by atoms with van der Waals surface area (Å²) >= 11 is 1.00. The van der Waals surface area contributed by atoms with Crippen LogP contribution in [0, 0.1) is 5.92 Å².